The maximum absolute atomic E-state index is 5.97. The first-order valence-corrected chi connectivity index (χ1v) is 8.46. The summed E-state index contributed by atoms with van der Waals surface area (Å²) in [4.78, 5) is 1.42. The molecule has 19 heavy (non-hydrogen) atoms. The van der Waals surface area contributed by atoms with E-state index in [1.807, 2.05) is 0 Å². The fourth-order valence-corrected chi connectivity index (χ4v) is 4.57. The Labute approximate surface area is 122 Å². The Hall–Kier alpha value is -0.470. The molecule has 0 aromatic heterocycles. The van der Waals surface area contributed by atoms with Crippen LogP contribution in [0.2, 0.25) is 0 Å². The Morgan fingerprint density at radius 1 is 1.21 bits per heavy atom. The molecule has 1 aliphatic carbocycles. The van der Waals surface area contributed by atoms with Crippen molar-refractivity contribution in [2.24, 2.45) is 17.6 Å². The highest BCUT2D eigenvalue weighted by atomic mass is 32.2. The molecule has 1 aromatic carbocycles. The summed E-state index contributed by atoms with van der Waals surface area (Å²) in [6, 6.07) is 6.86. The zero-order valence-corrected chi connectivity index (χ0v) is 13.3. The van der Waals surface area contributed by atoms with Gasteiger partial charge in [0.1, 0.15) is 0 Å². The van der Waals surface area contributed by atoms with Gasteiger partial charge in [0, 0.05) is 10.1 Å². The molecular weight excluding hydrogens is 250 g/mol. The molecule has 2 rings (SSSR count). The Kier molecular flexibility index (Phi) is 5.35. The molecule has 1 nitrogen and oxygen atoms in total. The fourth-order valence-electron chi connectivity index (χ4n) is 3.02. The average Bonchev–Trinajstić information content (AvgIpc) is 2.43. The van der Waals surface area contributed by atoms with Gasteiger partial charge in [-0.05, 0) is 68.3 Å². The van der Waals surface area contributed by atoms with Crippen molar-refractivity contribution < 1.29 is 0 Å². The van der Waals surface area contributed by atoms with Crippen LogP contribution in [0.4, 0.5) is 0 Å². The van der Waals surface area contributed by atoms with E-state index < -0.39 is 0 Å². The van der Waals surface area contributed by atoms with Crippen molar-refractivity contribution in [3.05, 3.63) is 29.3 Å². The zero-order valence-electron chi connectivity index (χ0n) is 12.5. The van der Waals surface area contributed by atoms with Crippen molar-refractivity contribution >= 4 is 11.8 Å². The number of aryl methyl sites for hydroxylation is 2. The van der Waals surface area contributed by atoms with Gasteiger partial charge in [0.2, 0.25) is 0 Å². The molecule has 1 saturated carbocycles. The van der Waals surface area contributed by atoms with Gasteiger partial charge in [-0.25, -0.2) is 0 Å². The molecule has 0 amide bonds. The molecule has 3 atom stereocenters. The molecule has 2 heteroatoms. The number of hydrogen-bond acceptors (Lipinski definition) is 2. The SMILES string of the molecule is CCC1CCC(CN)C(Sc2ccc(C)c(C)c2)C1. The van der Waals surface area contributed by atoms with Crippen LogP contribution >= 0.6 is 11.8 Å². The predicted octanol–water partition coefficient (Wildman–Crippen LogP) is 4.55. The van der Waals surface area contributed by atoms with Crippen LogP contribution in [0.5, 0.6) is 0 Å². The van der Waals surface area contributed by atoms with E-state index in [1.165, 1.54) is 41.7 Å². The average molecular weight is 277 g/mol. The highest BCUT2D eigenvalue weighted by Crippen LogP contribution is 2.40. The smallest absolute Gasteiger partial charge is 0.0137 e. The third kappa shape index (κ3) is 3.76. The Morgan fingerprint density at radius 3 is 2.63 bits per heavy atom. The van der Waals surface area contributed by atoms with E-state index in [9.17, 15) is 0 Å². The van der Waals surface area contributed by atoms with Crippen LogP contribution in [0.25, 0.3) is 0 Å². The van der Waals surface area contributed by atoms with E-state index in [2.05, 4.69) is 50.7 Å². The van der Waals surface area contributed by atoms with Crippen molar-refractivity contribution in [2.45, 2.75) is 56.6 Å². The van der Waals surface area contributed by atoms with Crippen LogP contribution in [0.3, 0.4) is 0 Å². The second-order valence-electron chi connectivity index (χ2n) is 5.99. The molecule has 0 bridgehead atoms. The molecular formula is C17H27NS. The van der Waals surface area contributed by atoms with Crippen LogP contribution < -0.4 is 5.73 Å². The minimum atomic E-state index is 0.703. The summed E-state index contributed by atoms with van der Waals surface area (Å²) in [5, 5.41) is 0.714. The topological polar surface area (TPSA) is 26.0 Å². The largest absolute Gasteiger partial charge is 0.330 e. The highest BCUT2D eigenvalue weighted by Gasteiger charge is 2.29. The van der Waals surface area contributed by atoms with Crippen LogP contribution in [0, 0.1) is 25.7 Å². The van der Waals surface area contributed by atoms with Gasteiger partial charge in [0.05, 0.1) is 0 Å². The van der Waals surface area contributed by atoms with E-state index in [4.69, 9.17) is 5.73 Å². The van der Waals surface area contributed by atoms with Crippen LogP contribution in [-0.4, -0.2) is 11.8 Å². The van der Waals surface area contributed by atoms with Gasteiger partial charge in [-0.2, -0.15) is 0 Å². The maximum atomic E-state index is 5.97. The van der Waals surface area contributed by atoms with E-state index >= 15 is 0 Å². The Balaban J connectivity index is 2.07. The third-order valence-corrected chi connectivity index (χ3v) is 6.09. The molecule has 0 heterocycles. The first-order chi connectivity index (χ1) is 9.13. The third-order valence-electron chi connectivity index (χ3n) is 4.68. The molecule has 2 N–H and O–H groups in total. The molecule has 0 radical (unpaired) electrons. The second kappa shape index (κ2) is 6.81. The van der Waals surface area contributed by atoms with Crippen LogP contribution in [0.1, 0.15) is 43.7 Å². The monoisotopic (exact) mass is 277 g/mol. The highest BCUT2D eigenvalue weighted by molar-refractivity contribution is 8.00. The van der Waals surface area contributed by atoms with Crippen LogP contribution in [-0.2, 0) is 0 Å². The molecule has 3 unspecified atom stereocenters. The lowest BCUT2D eigenvalue weighted by molar-refractivity contribution is 0.284. The lowest BCUT2D eigenvalue weighted by Crippen LogP contribution is -2.32. The van der Waals surface area contributed by atoms with Gasteiger partial charge in [0.15, 0.2) is 0 Å². The molecule has 1 aliphatic rings. The molecule has 0 aliphatic heterocycles. The maximum Gasteiger partial charge on any atom is 0.0137 e. The molecule has 0 spiro atoms. The number of hydrogen-bond donors (Lipinski definition) is 1. The number of rotatable bonds is 4. The Morgan fingerprint density at radius 2 is 2.00 bits per heavy atom. The summed E-state index contributed by atoms with van der Waals surface area (Å²) in [6.45, 7) is 7.56. The van der Waals surface area contributed by atoms with Crippen molar-refractivity contribution in [1.29, 1.82) is 0 Å². The summed E-state index contributed by atoms with van der Waals surface area (Å²) in [5.74, 6) is 1.61. The van der Waals surface area contributed by atoms with E-state index in [0.717, 1.165) is 12.5 Å². The Bertz CT molecular complexity index is 416. The van der Waals surface area contributed by atoms with Gasteiger partial charge in [-0.1, -0.05) is 25.8 Å². The molecule has 0 saturated heterocycles. The molecule has 1 aromatic rings. The summed E-state index contributed by atoms with van der Waals surface area (Å²) < 4.78 is 0. The second-order valence-corrected chi connectivity index (χ2v) is 7.30. The lowest BCUT2D eigenvalue weighted by Gasteiger charge is -2.35. The van der Waals surface area contributed by atoms with Gasteiger partial charge in [-0.15, -0.1) is 11.8 Å². The lowest BCUT2D eigenvalue weighted by atomic mass is 9.80. The summed E-state index contributed by atoms with van der Waals surface area (Å²) in [6.07, 6.45) is 5.36. The van der Waals surface area contributed by atoms with Crippen molar-refractivity contribution in [2.75, 3.05) is 6.54 Å². The summed E-state index contributed by atoms with van der Waals surface area (Å²) >= 11 is 2.06. The normalized spacial score (nSPS) is 27.5. The minimum Gasteiger partial charge on any atom is -0.330 e. The summed E-state index contributed by atoms with van der Waals surface area (Å²) in [5.41, 5.74) is 8.76. The quantitative estimate of drug-likeness (QED) is 0.873. The van der Waals surface area contributed by atoms with Gasteiger partial charge in [0.25, 0.3) is 0 Å². The van der Waals surface area contributed by atoms with Crippen molar-refractivity contribution in [1.82, 2.24) is 0 Å². The van der Waals surface area contributed by atoms with Gasteiger partial charge in [-0.3, -0.25) is 0 Å². The van der Waals surface area contributed by atoms with Crippen molar-refractivity contribution in [3.63, 3.8) is 0 Å². The predicted molar refractivity (Wildman–Crippen MR) is 85.7 cm³/mol. The first kappa shape index (κ1) is 14.9. The first-order valence-electron chi connectivity index (χ1n) is 7.58. The van der Waals surface area contributed by atoms with E-state index in [-0.39, 0.29) is 0 Å². The van der Waals surface area contributed by atoms with Gasteiger partial charge >= 0.3 is 0 Å². The van der Waals surface area contributed by atoms with Crippen molar-refractivity contribution in [3.8, 4) is 0 Å². The van der Waals surface area contributed by atoms with Crippen LogP contribution in [0.15, 0.2) is 23.1 Å². The number of thioether (sulfide) groups is 1. The van der Waals surface area contributed by atoms with Gasteiger partial charge < -0.3 is 5.73 Å². The van der Waals surface area contributed by atoms with E-state index in [0.29, 0.717) is 11.2 Å². The molecule has 1 fully saturated rings. The number of nitrogens with two attached hydrogens (primary N) is 1. The fraction of sp³-hybridized carbons (Fsp3) is 0.647. The standard InChI is InChI=1S/C17H27NS/c1-4-14-6-7-15(11-18)17(10-14)19-16-8-5-12(2)13(3)9-16/h5,8-9,14-15,17H,4,6-7,10-11,18H2,1-3H3. The molecule has 106 valence electrons. The van der Waals surface area contributed by atoms with E-state index in [1.54, 1.807) is 0 Å². The minimum absolute atomic E-state index is 0.703. The number of benzene rings is 1. The zero-order chi connectivity index (χ0) is 13.8. The summed E-state index contributed by atoms with van der Waals surface area (Å²) in [7, 11) is 0.